The molecule has 0 unspecified atom stereocenters. The molecule has 13 heteroatoms. The summed E-state index contributed by atoms with van der Waals surface area (Å²) < 4.78 is 83.5. The summed E-state index contributed by atoms with van der Waals surface area (Å²) in [6.45, 7) is 0. The normalized spacial score (nSPS) is 13.4. The number of halogens is 6. The number of hydrogen-bond donors (Lipinski definition) is 2. The SMILES string of the molecule is O=C=C1NC=Cc2c1cccc2-n1ncc(-c2cc(=O)c3c(C(F)(F)F)nccc3[nH]2)c1C(F)(F)F. The van der Waals surface area contributed by atoms with Crippen LogP contribution in [0.3, 0.4) is 0 Å². The molecule has 0 fully saturated rings. The van der Waals surface area contributed by atoms with E-state index in [-0.39, 0.29) is 28.2 Å². The monoisotopic (exact) mass is 503 g/mol. The Morgan fingerprint density at radius 3 is 2.47 bits per heavy atom. The van der Waals surface area contributed by atoms with Gasteiger partial charge in [0.1, 0.15) is 5.70 Å². The molecule has 0 saturated heterocycles. The summed E-state index contributed by atoms with van der Waals surface area (Å²) in [6, 6.07) is 6.00. The topological polar surface area (TPSA) is 92.7 Å². The second-order valence-electron chi connectivity index (χ2n) is 7.64. The van der Waals surface area contributed by atoms with Crippen molar-refractivity contribution < 1.29 is 31.1 Å². The number of carbonyl (C=O) groups excluding carboxylic acids is 1. The Labute approximate surface area is 196 Å². The summed E-state index contributed by atoms with van der Waals surface area (Å²) in [7, 11) is 0. The van der Waals surface area contributed by atoms with Gasteiger partial charge in [0, 0.05) is 35.2 Å². The van der Waals surface area contributed by atoms with Crippen LogP contribution in [0, 0.1) is 0 Å². The molecule has 0 amide bonds. The van der Waals surface area contributed by atoms with Crippen molar-refractivity contribution in [2.45, 2.75) is 12.4 Å². The van der Waals surface area contributed by atoms with Gasteiger partial charge in [0.25, 0.3) is 0 Å². The molecule has 36 heavy (non-hydrogen) atoms. The van der Waals surface area contributed by atoms with E-state index in [1.807, 2.05) is 0 Å². The molecule has 7 nitrogen and oxygen atoms in total. The molecule has 1 aliphatic heterocycles. The molecular weight excluding hydrogens is 492 g/mol. The van der Waals surface area contributed by atoms with Gasteiger partial charge < -0.3 is 10.3 Å². The van der Waals surface area contributed by atoms with Crippen molar-refractivity contribution in [1.29, 1.82) is 0 Å². The van der Waals surface area contributed by atoms with Crippen LogP contribution in [-0.4, -0.2) is 25.7 Å². The molecule has 3 aromatic heterocycles. The Hall–Kier alpha value is -4.64. The van der Waals surface area contributed by atoms with Crippen molar-refractivity contribution in [3.63, 3.8) is 0 Å². The van der Waals surface area contributed by atoms with Gasteiger partial charge in [-0.15, -0.1) is 0 Å². The molecule has 0 bridgehead atoms. The first-order valence-electron chi connectivity index (χ1n) is 10.1. The zero-order chi connectivity index (χ0) is 25.8. The number of pyridine rings is 2. The Morgan fingerprint density at radius 1 is 1.00 bits per heavy atom. The van der Waals surface area contributed by atoms with E-state index in [4.69, 9.17) is 0 Å². The van der Waals surface area contributed by atoms with Crippen LogP contribution in [-0.2, 0) is 17.1 Å². The Kier molecular flexibility index (Phi) is 5.11. The maximum absolute atomic E-state index is 14.3. The van der Waals surface area contributed by atoms with E-state index in [9.17, 15) is 35.9 Å². The van der Waals surface area contributed by atoms with Crippen molar-refractivity contribution in [3.05, 3.63) is 81.7 Å². The number of H-pyrrole nitrogens is 1. The third kappa shape index (κ3) is 3.66. The van der Waals surface area contributed by atoms with E-state index < -0.39 is 40.1 Å². The smallest absolute Gasteiger partial charge is 0.354 e. The molecule has 0 spiro atoms. The third-order valence-electron chi connectivity index (χ3n) is 5.50. The zero-order valence-electron chi connectivity index (χ0n) is 17.6. The van der Waals surface area contributed by atoms with E-state index >= 15 is 0 Å². The molecule has 5 rings (SSSR count). The fourth-order valence-corrected chi connectivity index (χ4v) is 4.06. The molecule has 2 N–H and O–H groups in total. The number of fused-ring (bicyclic) bond motifs is 2. The lowest BCUT2D eigenvalue weighted by atomic mass is 10.00. The van der Waals surface area contributed by atoms with Crippen LogP contribution in [0.4, 0.5) is 26.3 Å². The van der Waals surface area contributed by atoms with Crippen molar-refractivity contribution in [2.75, 3.05) is 0 Å². The van der Waals surface area contributed by atoms with Gasteiger partial charge in [-0.2, -0.15) is 31.4 Å². The van der Waals surface area contributed by atoms with Crippen molar-refractivity contribution in [1.82, 2.24) is 25.1 Å². The maximum Gasteiger partial charge on any atom is 0.434 e. The third-order valence-corrected chi connectivity index (χ3v) is 5.50. The number of nitrogens with one attached hydrogen (secondary N) is 2. The number of benzene rings is 1. The minimum absolute atomic E-state index is 0.0169. The number of nitrogens with zero attached hydrogens (tertiary/aromatic N) is 3. The fraction of sp³-hybridized carbons (Fsp3) is 0.0870. The van der Waals surface area contributed by atoms with Crippen LogP contribution in [0.5, 0.6) is 0 Å². The first-order chi connectivity index (χ1) is 17.0. The molecule has 0 aliphatic carbocycles. The van der Waals surface area contributed by atoms with Crippen LogP contribution in [0.1, 0.15) is 22.5 Å². The predicted molar refractivity (Wildman–Crippen MR) is 116 cm³/mol. The summed E-state index contributed by atoms with van der Waals surface area (Å²) >= 11 is 0. The quantitative estimate of drug-likeness (QED) is 0.309. The van der Waals surface area contributed by atoms with E-state index in [1.165, 1.54) is 30.5 Å². The summed E-state index contributed by atoms with van der Waals surface area (Å²) in [4.78, 5) is 29.5. The highest BCUT2D eigenvalue weighted by atomic mass is 19.4. The molecule has 0 atom stereocenters. The van der Waals surface area contributed by atoms with Gasteiger partial charge in [-0.1, -0.05) is 12.1 Å². The maximum atomic E-state index is 14.3. The van der Waals surface area contributed by atoms with Crippen LogP contribution < -0.4 is 10.7 Å². The summed E-state index contributed by atoms with van der Waals surface area (Å²) in [5, 5.41) is 5.73. The van der Waals surface area contributed by atoms with Gasteiger partial charge in [0.05, 0.1) is 28.5 Å². The number of hydrogen-bond acceptors (Lipinski definition) is 5. The lowest BCUT2D eigenvalue weighted by molar-refractivity contribution is -0.142. The Morgan fingerprint density at radius 2 is 1.78 bits per heavy atom. The largest absolute Gasteiger partial charge is 0.434 e. The first kappa shape index (κ1) is 23.1. The Bertz CT molecular complexity index is 1670. The lowest BCUT2D eigenvalue weighted by Crippen LogP contribution is -2.18. The first-order valence-corrected chi connectivity index (χ1v) is 10.1. The summed E-state index contributed by atoms with van der Waals surface area (Å²) in [6.07, 6.45) is -5.47. The number of alkyl halides is 6. The highest BCUT2D eigenvalue weighted by molar-refractivity contribution is 5.93. The van der Waals surface area contributed by atoms with Crippen LogP contribution in [0.2, 0.25) is 0 Å². The van der Waals surface area contributed by atoms with Gasteiger partial charge >= 0.3 is 12.4 Å². The standard InChI is InChI=1S/C23H11F6N5O2/c24-22(25,26)20-19-14(5-7-31-20)33-15(8-18(19)36)13-9-32-34(21(13)23(27,28)29)17-3-1-2-11-12(17)4-6-30-16(11)10-35/h1-9,30H,(H,33,36). The van der Waals surface area contributed by atoms with Gasteiger partial charge in [-0.3, -0.25) is 9.78 Å². The molecule has 182 valence electrons. The average molecular weight is 503 g/mol. The molecule has 0 radical (unpaired) electrons. The van der Waals surface area contributed by atoms with Gasteiger partial charge in [0.15, 0.2) is 22.8 Å². The Balaban J connectivity index is 1.77. The molecule has 4 aromatic rings. The van der Waals surface area contributed by atoms with Crippen LogP contribution in [0.25, 0.3) is 39.6 Å². The number of aromatic nitrogens is 4. The van der Waals surface area contributed by atoms with E-state index in [0.717, 1.165) is 18.5 Å². The number of aromatic amines is 1. The van der Waals surface area contributed by atoms with Gasteiger partial charge in [-0.25, -0.2) is 9.48 Å². The van der Waals surface area contributed by atoms with Gasteiger partial charge in [-0.05, 0) is 18.2 Å². The van der Waals surface area contributed by atoms with E-state index in [2.05, 4.69) is 20.4 Å². The summed E-state index contributed by atoms with van der Waals surface area (Å²) in [5.41, 5.74) is -4.64. The van der Waals surface area contributed by atoms with E-state index in [1.54, 1.807) is 5.94 Å². The molecule has 1 aliphatic rings. The highest BCUT2D eigenvalue weighted by Gasteiger charge is 2.40. The highest BCUT2D eigenvalue weighted by Crippen LogP contribution is 2.40. The fourth-order valence-electron chi connectivity index (χ4n) is 4.06. The zero-order valence-corrected chi connectivity index (χ0v) is 17.6. The van der Waals surface area contributed by atoms with Gasteiger partial charge in [0.2, 0.25) is 0 Å². The van der Waals surface area contributed by atoms with Crippen molar-refractivity contribution in [3.8, 4) is 16.9 Å². The second kappa shape index (κ2) is 7.95. The van der Waals surface area contributed by atoms with Crippen molar-refractivity contribution in [2.24, 2.45) is 0 Å². The minimum atomic E-state index is -4.99. The minimum Gasteiger partial charge on any atom is -0.354 e. The van der Waals surface area contributed by atoms with E-state index in [0.29, 0.717) is 16.3 Å². The molecule has 1 aromatic carbocycles. The molecular formula is C23H11F6N5O2. The van der Waals surface area contributed by atoms with Crippen LogP contribution in [0.15, 0.2) is 53.7 Å². The molecule has 0 saturated carbocycles. The van der Waals surface area contributed by atoms with Crippen molar-refractivity contribution >= 4 is 28.6 Å². The number of rotatable bonds is 2. The molecule has 4 heterocycles. The second-order valence-corrected chi connectivity index (χ2v) is 7.64. The average Bonchev–Trinajstić information content (AvgIpc) is 3.28. The van der Waals surface area contributed by atoms with Crippen LogP contribution >= 0.6 is 0 Å². The predicted octanol–water partition coefficient (Wildman–Crippen LogP) is 4.56. The lowest BCUT2D eigenvalue weighted by Gasteiger charge is -2.19. The summed E-state index contributed by atoms with van der Waals surface area (Å²) in [5.74, 6) is 1.68.